The van der Waals surface area contributed by atoms with E-state index in [4.69, 9.17) is 9.73 Å². The van der Waals surface area contributed by atoms with Crippen LogP contribution in [0.1, 0.15) is 52.5 Å². The lowest BCUT2D eigenvalue weighted by Gasteiger charge is -2.34. The number of hydrogen-bond acceptors (Lipinski definition) is 6. The van der Waals surface area contributed by atoms with Crippen molar-refractivity contribution in [2.75, 3.05) is 26.2 Å². The summed E-state index contributed by atoms with van der Waals surface area (Å²) in [5, 5.41) is 3.49. The Balaban J connectivity index is 1.33. The third-order valence-corrected chi connectivity index (χ3v) is 7.55. The van der Waals surface area contributed by atoms with Crippen LogP contribution in [-0.4, -0.2) is 54.5 Å². The first-order valence-electron chi connectivity index (χ1n) is 13.0. The van der Waals surface area contributed by atoms with Gasteiger partial charge in [0, 0.05) is 29.9 Å². The summed E-state index contributed by atoms with van der Waals surface area (Å²) in [6.07, 6.45) is 4.92. The molecule has 2 aliphatic heterocycles. The van der Waals surface area contributed by atoms with E-state index in [2.05, 4.69) is 17.1 Å². The van der Waals surface area contributed by atoms with E-state index < -0.39 is 6.10 Å². The topological polar surface area (TPSA) is 71.0 Å². The number of nitrogens with zero attached hydrogens (tertiary/aromatic N) is 2. The van der Waals surface area contributed by atoms with E-state index in [9.17, 15) is 9.59 Å². The molecule has 0 spiro atoms. The van der Waals surface area contributed by atoms with Gasteiger partial charge in [0.1, 0.15) is 11.4 Å². The Morgan fingerprint density at radius 1 is 1.08 bits per heavy atom. The molecule has 2 aromatic carbocycles. The number of Topliss-reactive ketones (excluding diaryl/α,β-unsaturated/α-hetero) is 2. The molecule has 6 nitrogen and oxygen atoms in total. The molecule has 1 fully saturated rings. The predicted octanol–water partition coefficient (Wildman–Crippen LogP) is 4.81. The van der Waals surface area contributed by atoms with Gasteiger partial charge in [-0.15, -0.1) is 0 Å². The van der Waals surface area contributed by atoms with Crippen LogP contribution >= 0.6 is 0 Å². The van der Waals surface area contributed by atoms with Gasteiger partial charge in [-0.05, 0) is 69.0 Å². The average Bonchev–Trinajstić information content (AvgIpc) is 2.88. The van der Waals surface area contributed by atoms with Gasteiger partial charge in [0.05, 0.1) is 16.9 Å². The number of benzene rings is 2. The quantitative estimate of drug-likeness (QED) is 0.621. The Labute approximate surface area is 211 Å². The third-order valence-electron chi connectivity index (χ3n) is 7.55. The molecule has 6 rings (SSSR count). The van der Waals surface area contributed by atoms with Crippen LogP contribution in [0.3, 0.4) is 0 Å². The highest BCUT2D eigenvalue weighted by Crippen LogP contribution is 2.41. The number of rotatable bonds is 5. The first kappa shape index (κ1) is 22.9. The van der Waals surface area contributed by atoms with Crippen LogP contribution in [0.2, 0.25) is 0 Å². The third kappa shape index (κ3) is 3.99. The van der Waals surface area contributed by atoms with Crippen molar-refractivity contribution in [3.8, 4) is 5.75 Å². The highest BCUT2D eigenvalue weighted by atomic mass is 16.5. The van der Waals surface area contributed by atoms with Crippen LogP contribution in [-0.2, 0) is 0 Å². The summed E-state index contributed by atoms with van der Waals surface area (Å²) in [5.74, 6) is 1.13. The van der Waals surface area contributed by atoms with Crippen LogP contribution in [0.5, 0.6) is 5.75 Å². The van der Waals surface area contributed by atoms with Gasteiger partial charge in [-0.3, -0.25) is 9.59 Å². The van der Waals surface area contributed by atoms with Crippen molar-refractivity contribution in [1.29, 1.82) is 0 Å². The number of allylic oxidation sites excluding steroid dienone is 1. The summed E-state index contributed by atoms with van der Waals surface area (Å²) in [6, 6.07) is 12.9. The number of ether oxygens (including phenoxy) is 1. The number of hydrogen-bond donors (Lipinski definition) is 1. The molecule has 2 aromatic rings. The second kappa shape index (κ2) is 9.17. The molecule has 0 amide bonds. The summed E-state index contributed by atoms with van der Waals surface area (Å²) in [4.78, 5) is 34.8. The second-order valence-electron chi connectivity index (χ2n) is 10.4. The highest BCUT2D eigenvalue weighted by Gasteiger charge is 2.42. The Morgan fingerprint density at radius 2 is 1.86 bits per heavy atom. The van der Waals surface area contributed by atoms with Gasteiger partial charge in [0.25, 0.3) is 0 Å². The first-order valence-corrected chi connectivity index (χ1v) is 13.0. The highest BCUT2D eigenvalue weighted by molar-refractivity contribution is 6.40. The van der Waals surface area contributed by atoms with Crippen molar-refractivity contribution < 1.29 is 14.3 Å². The first-order chi connectivity index (χ1) is 17.5. The Bertz CT molecular complexity index is 1350. The number of piperidine rings is 1. The summed E-state index contributed by atoms with van der Waals surface area (Å²) in [5.41, 5.74) is 4.59. The Hall–Kier alpha value is -3.51. The van der Waals surface area contributed by atoms with E-state index in [0.717, 1.165) is 37.5 Å². The smallest absolute Gasteiger partial charge is 0.196 e. The molecular formula is C30H31N3O3. The van der Waals surface area contributed by atoms with E-state index in [-0.39, 0.29) is 11.6 Å². The minimum Gasteiger partial charge on any atom is -0.478 e. The number of ketones is 2. The zero-order valence-electron chi connectivity index (χ0n) is 20.8. The monoisotopic (exact) mass is 481 g/mol. The van der Waals surface area contributed by atoms with Gasteiger partial charge < -0.3 is 15.0 Å². The molecule has 184 valence electrons. The molecule has 6 heteroatoms. The predicted molar refractivity (Wildman–Crippen MR) is 140 cm³/mol. The molecule has 0 bridgehead atoms. The number of aliphatic imine (C=N–C) groups is 1. The van der Waals surface area contributed by atoms with Gasteiger partial charge >= 0.3 is 0 Å². The summed E-state index contributed by atoms with van der Waals surface area (Å²) < 4.78 is 6.30. The number of nitrogens with one attached hydrogen (secondary N) is 1. The van der Waals surface area contributed by atoms with Gasteiger partial charge in [0.15, 0.2) is 17.7 Å². The van der Waals surface area contributed by atoms with Crippen LogP contribution in [0.25, 0.3) is 0 Å². The van der Waals surface area contributed by atoms with E-state index in [1.54, 1.807) is 24.3 Å². The lowest BCUT2D eigenvalue weighted by atomic mass is 9.76. The van der Waals surface area contributed by atoms with E-state index in [1.807, 2.05) is 31.2 Å². The molecule has 0 saturated carbocycles. The van der Waals surface area contributed by atoms with Gasteiger partial charge in [-0.1, -0.05) is 37.3 Å². The van der Waals surface area contributed by atoms with Crippen molar-refractivity contribution in [2.24, 2.45) is 10.9 Å². The molecule has 0 aromatic heterocycles. The fourth-order valence-electron chi connectivity index (χ4n) is 5.79. The maximum absolute atomic E-state index is 13.7. The molecule has 2 aliphatic carbocycles. The molecule has 2 atom stereocenters. The number of aryl methyl sites for hydroxylation is 1. The van der Waals surface area contributed by atoms with E-state index in [0.29, 0.717) is 51.7 Å². The van der Waals surface area contributed by atoms with Crippen molar-refractivity contribution in [2.45, 2.75) is 39.2 Å². The average molecular weight is 482 g/mol. The molecule has 1 unspecified atom stereocenters. The van der Waals surface area contributed by atoms with Gasteiger partial charge in [0.2, 0.25) is 0 Å². The summed E-state index contributed by atoms with van der Waals surface area (Å²) in [6.45, 7) is 8.35. The van der Waals surface area contributed by atoms with Crippen molar-refractivity contribution in [3.63, 3.8) is 0 Å². The second-order valence-corrected chi connectivity index (χ2v) is 10.4. The van der Waals surface area contributed by atoms with Crippen LogP contribution in [0.4, 0.5) is 5.69 Å². The van der Waals surface area contributed by atoms with E-state index >= 15 is 0 Å². The summed E-state index contributed by atoms with van der Waals surface area (Å²) in [7, 11) is 0. The minimum absolute atomic E-state index is 0.139. The van der Waals surface area contributed by atoms with Crippen molar-refractivity contribution in [3.05, 3.63) is 82.1 Å². The minimum atomic E-state index is -0.522. The lowest BCUT2D eigenvalue weighted by molar-refractivity contribution is 0.0978. The van der Waals surface area contributed by atoms with Crippen LogP contribution in [0, 0.1) is 12.8 Å². The molecule has 1 N–H and O–H groups in total. The SMILES string of the molecule is Cc1ccc2c(c1)N=C1C3=C(C(=O)c4ccccc4C3=O)C(NCCCN3CCC[C@@H](C)C3)=CC1O2. The maximum Gasteiger partial charge on any atom is 0.196 e. The largest absolute Gasteiger partial charge is 0.478 e. The summed E-state index contributed by atoms with van der Waals surface area (Å²) >= 11 is 0. The van der Waals surface area contributed by atoms with Crippen molar-refractivity contribution >= 4 is 23.0 Å². The standard InChI is InChI=1S/C30H31N3O3/c1-18-10-11-24-22(15-18)32-28-25(36-24)16-23(31-12-6-14-33-13-5-7-19(2)17-33)26-27(28)30(35)21-9-4-3-8-20(21)29(26)34/h3-4,8-11,15-16,19,25,31H,5-7,12-14,17H2,1-2H3/t19-,25?/m1/s1. The van der Waals surface area contributed by atoms with Crippen LogP contribution in [0.15, 0.2) is 70.4 Å². The fraction of sp³-hybridized carbons (Fsp3) is 0.367. The fourth-order valence-corrected chi connectivity index (χ4v) is 5.79. The normalized spacial score (nSPS) is 23.1. The molecule has 0 radical (unpaired) electrons. The zero-order valence-corrected chi connectivity index (χ0v) is 20.8. The van der Waals surface area contributed by atoms with Gasteiger partial charge in [-0.2, -0.15) is 0 Å². The Kier molecular flexibility index (Phi) is 5.84. The zero-order chi connectivity index (χ0) is 24.8. The van der Waals surface area contributed by atoms with Crippen molar-refractivity contribution in [1.82, 2.24) is 10.2 Å². The number of carbonyl (C=O) groups excluding carboxylic acids is 2. The number of carbonyl (C=O) groups is 2. The number of fused-ring (bicyclic) bond motifs is 4. The van der Waals surface area contributed by atoms with Crippen LogP contribution < -0.4 is 10.1 Å². The molecular weight excluding hydrogens is 450 g/mol. The Morgan fingerprint density at radius 3 is 2.64 bits per heavy atom. The number of likely N-dealkylation sites (tertiary alicyclic amines) is 1. The van der Waals surface area contributed by atoms with E-state index in [1.165, 1.54) is 12.8 Å². The molecule has 1 saturated heterocycles. The molecule has 36 heavy (non-hydrogen) atoms. The molecule has 4 aliphatic rings. The molecule has 2 heterocycles. The van der Waals surface area contributed by atoms with Gasteiger partial charge in [-0.25, -0.2) is 4.99 Å². The maximum atomic E-state index is 13.7. The lowest BCUT2D eigenvalue weighted by Crippen LogP contribution is -2.42.